The first-order chi connectivity index (χ1) is 12.2. The summed E-state index contributed by atoms with van der Waals surface area (Å²) >= 11 is 3.29. The van der Waals surface area contributed by atoms with Crippen LogP contribution in [0.3, 0.4) is 0 Å². The van der Waals surface area contributed by atoms with Crippen LogP contribution in [0.2, 0.25) is 0 Å². The first kappa shape index (κ1) is 17.1. The Morgan fingerprint density at radius 3 is 2.84 bits per heavy atom. The van der Waals surface area contributed by atoms with Crippen LogP contribution in [0, 0.1) is 17.2 Å². The van der Waals surface area contributed by atoms with Gasteiger partial charge in [-0.25, -0.2) is 4.98 Å². The summed E-state index contributed by atoms with van der Waals surface area (Å²) in [4.78, 5) is 20.6. The molecule has 0 saturated heterocycles. The number of hydrogen-bond donors (Lipinski definition) is 0. The second-order valence-corrected chi connectivity index (χ2v) is 9.31. The van der Waals surface area contributed by atoms with Gasteiger partial charge in [-0.2, -0.15) is 5.26 Å². The molecule has 0 unspecified atom stereocenters. The number of thioether (sulfide) groups is 1. The van der Waals surface area contributed by atoms with Crippen molar-refractivity contribution in [2.75, 3.05) is 5.75 Å². The van der Waals surface area contributed by atoms with Gasteiger partial charge in [0.25, 0.3) is 5.56 Å². The van der Waals surface area contributed by atoms with Gasteiger partial charge in [-0.1, -0.05) is 24.6 Å². The molecule has 2 aliphatic carbocycles. The molecule has 0 N–H and O–H groups in total. The van der Waals surface area contributed by atoms with Crippen molar-refractivity contribution in [2.45, 2.75) is 69.5 Å². The molecule has 1 saturated carbocycles. The number of thiophene rings is 1. The van der Waals surface area contributed by atoms with Crippen molar-refractivity contribution in [2.24, 2.45) is 5.92 Å². The highest BCUT2D eigenvalue weighted by Crippen LogP contribution is 2.37. The van der Waals surface area contributed by atoms with Crippen molar-refractivity contribution in [3.63, 3.8) is 0 Å². The Morgan fingerprint density at radius 2 is 2.08 bits per heavy atom. The molecule has 2 heterocycles. The molecule has 1 fully saturated rings. The molecular weight excluding hydrogens is 350 g/mol. The lowest BCUT2D eigenvalue weighted by Gasteiger charge is -2.18. The summed E-state index contributed by atoms with van der Waals surface area (Å²) in [6.45, 7) is 1.92. The van der Waals surface area contributed by atoms with Crippen molar-refractivity contribution in [3.8, 4) is 6.07 Å². The minimum absolute atomic E-state index is 0.0360. The third-order valence-corrected chi connectivity index (χ3v) is 7.76. The normalized spacial score (nSPS) is 19.0. The van der Waals surface area contributed by atoms with Gasteiger partial charge in [-0.3, -0.25) is 9.36 Å². The number of hydrogen-bond acceptors (Lipinski definition) is 5. The molecule has 6 heteroatoms. The quantitative estimate of drug-likeness (QED) is 0.575. The lowest BCUT2D eigenvalue weighted by Crippen LogP contribution is -2.27. The topological polar surface area (TPSA) is 58.7 Å². The maximum atomic E-state index is 13.4. The molecule has 25 heavy (non-hydrogen) atoms. The van der Waals surface area contributed by atoms with Crippen molar-refractivity contribution in [1.82, 2.24) is 9.55 Å². The van der Waals surface area contributed by atoms with E-state index in [0.717, 1.165) is 41.1 Å². The highest BCUT2D eigenvalue weighted by molar-refractivity contribution is 7.99. The number of nitriles is 1. The molecular formula is C19H23N3OS2. The van der Waals surface area contributed by atoms with Crippen LogP contribution in [-0.4, -0.2) is 15.3 Å². The molecule has 0 radical (unpaired) electrons. The highest BCUT2D eigenvalue weighted by Gasteiger charge is 2.27. The Labute approximate surface area is 156 Å². The second kappa shape index (κ2) is 7.13. The van der Waals surface area contributed by atoms with Gasteiger partial charge in [0, 0.05) is 16.7 Å². The van der Waals surface area contributed by atoms with E-state index in [-0.39, 0.29) is 17.5 Å². The fourth-order valence-electron chi connectivity index (χ4n) is 4.02. The van der Waals surface area contributed by atoms with Crippen LogP contribution in [0.25, 0.3) is 10.2 Å². The van der Waals surface area contributed by atoms with Gasteiger partial charge < -0.3 is 0 Å². The van der Waals surface area contributed by atoms with Crippen molar-refractivity contribution >= 4 is 33.3 Å². The van der Waals surface area contributed by atoms with E-state index in [2.05, 4.69) is 6.07 Å². The lowest BCUT2D eigenvalue weighted by atomic mass is 9.97. The number of aromatic nitrogens is 2. The maximum Gasteiger partial charge on any atom is 0.263 e. The third-order valence-electron chi connectivity index (χ3n) is 5.36. The van der Waals surface area contributed by atoms with E-state index < -0.39 is 0 Å². The van der Waals surface area contributed by atoms with Crippen LogP contribution in [-0.2, 0) is 12.8 Å². The third kappa shape index (κ3) is 3.13. The van der Waals surface area contributed by atoms with E-state index >= 15 is 0 Å². The summed E-state index contributed by atoms with van der Waals surface area (Å²) in [6.07, 6.45) is 9.03. The van der Waals surface area contributed by atoms with Gasteiger partial charge in [0.05, 0.1) is 17.4 Å². The maximum absolute atomic E-state index is 13.4. The van der Waals surface area contributed by atoms with Crippen molar-refractivity contribution < 1.29 is 0 Å². The van der Waals surface area contributed by atoms with Gasteiger partial charge in [0.2, 0.25) is 0 Å². The van der Waals surface area contributed by atoms with Crippen molar-refractivity contribution in [1.29, 1.82) is 5.26 Å². The lowest BCUT2D eigenvalue weighted by molar-refractivity contribution is 0.457. The smallest absolute Gasteiger partial charge is 0.263 e. The summed E-state index contributed by atoms with van der Waals surface area (Å²) in [5.74, 6) is 0.651. The van der Waals surface area contributed by atoms with Crippen LogP contribution in [0.5, 0.6) is 0 Å². The molecule has 4 nitrogen and oxygen atoms in total. The van der Waals surface area contributed by atoms with Gasteiger partial charge >= 0.3 is 0 Å². The predicted octanol–water partition coefficient (Wildman–Crippen LogP) is 4.70. The summed E-state index contributed by atoms with van der Waals surface area (Å²) in [6, 6.07) is 2.56. The second-order valence-electron chi connectivity index (χ2n) is 7.24. The highest BCUT2D eigenvalue weighted by atomic mass is 32.2. The first-order valence-corrected chi connectivity index (χ1v) is 11.1. The van der Waals surface area contributed by atoms with E-state index in [1.807, 2.05) is 11.5 Å². The predicted molar refractivity (Wildman–Crippen MR) is 104 cm³/mol. The Bertz CT molecular complexity index is 887. The molecule has 0 aliphatic heterocycles. The Kier molecular flexibility index (Phi) is 4.88. The fourth-order valence-corrected chi connectivity index (χ4v) is 6.33. The fraction of sp³-hybridized carbons (Fsp3) is 0.632. The molecule has 0 bridgehead atoms. The van der Waals surface area contributed by atoms with Gasteiger partial charge in [-0.05, 0) is 51.0 Å². The molecule has 1 atom stereocenters. The molecule has 0 spiro atoms. The van der Waals surface area contributed by atoms with Crippen LogP contribution in [0.4, 0.5) is 0 Å². The summed E-state index contributed by atoms with van der Waals surface area (Å²) in [7, 11) is 0. The van der Waals surface area contributed by atoms with Crippen LogP contribution >= 0.6 is 23.1 Å². The summed E-state index contributed by atoms with van der Waals surface area (Å²) in [5.41, 5.74) is 1.45. The molecule has 2 aromatic heterocycles. The molecule has 4 rings (SSSR count). The van der Waals surface area contributed by atoms with Gasteiger partial charge in [-0.15, -0.1) is 11.3 Å². The zero-order valence-electron chi connectivity index (χ0n) is 14.6. The van der Waals surface area contributed by atoms with E-state index in [1.54, 1.807) is 23.1 Å². The summed E-state index contributed by atoms with van der Waals surface area (Å²) in [5, 5.41) is 10.8. The molecule has 2 aromatic rings. The molecule has 2 aliphatic rings. The van der Waals surface area contributed by atoms with E-state index in [0.29, 0.717) is 5.75 Å². The Morgan fingerprint density at radius 1 is 1.32 bits per heavy atom. The minimum Gasteiger partial charge on any atom is -0.284 e. The van der Waals surface area contributed by atoms with Gasteiger partial charge in [0.15, 0.2) is 5.16 Å². The molecule has 0 aromatic carbocycles. The average Bonchev–Trinajstić information content (AvgIpc) is 3.26. The Hall–Kier alpha value is -1.32. The SMILES string of the molecule is C[C@H](C#N)CSc1nc2sc3c(c2c(=O)n1C1CCCC1)CCCC3. The van der Waals surface area contributed by atoms with E-state index in [4.69, 9.17) is 10.2 Å². The van der Waals surface area contributed by atoms with Crippen LogP contribution < -0.4 is 5.56 Å². The minimum atomic E-state index is -0.0360. The zero-order valence-corrected chi connectivity index (χ0v) is 16.2. The number of fused-ring (bicyclic) bond motifs is 3. The summed E-state index contributed by atoms with van der Waals surface area (Å²) < 4.78 is 1.98. The number of rotatable bonds is 4. The average molecular weight is 374 g/mol. The van der Waals surface area contributed by atoms with Crippen LogP contribution in [0.1, 0.15) is 61.9 Å². The Balaban J connectivity index is 1.85. The monoisotopic (exact) mass is 373 g/mol. The molecule has 0 amide bonds. The standard InChI is InChI=1S/C19H23N3OS2/c1-12(10-20)11-24-19-21-17-16(14-8-4-5-9-15(14)25-17)18(23)22(19)13-6-2-3-7-13/h12-13H,2-9,11H2,1H3/t12-/m1/s1. The number of aryl methyl sites for hydroxylation is 2. The van der Waals surface area contributed by atoms with Crippen molar-refractivity contribution in [3.05, 3.63) is 20.8 Å². The molecule has 132 valence electrons. The van der Waals surface area contributed by atoms with Crippen LogP contribution in [0.15, 0.2) is 9.95 Å². The van der Waals surface area contributed by atoms with Gasteiger partial charge in [0.1, 0.15) is 4.83 Å². The first-order valence-electron chi connectivity index (χ1n) is 9.28. The largest absolute Gasteiger partial charge is 0.284 e. The zero-order chi connectivity index (χ0) is 17.4. The van der Waals surface area contributed by atoms with E-state index in [1.165, 1.54) is 36.1 Å². The number of nitrogens with zero attached hydrogens (tertiary/aromatic N) is 3. The van der Waals surface area contributed by atoms with E-state index in [9.17, 15) is 4.79 Å².